The van der Waals surface area contributed by atoms with Gasteiger partial charge in [0.1, 0.15) is 6.04 Å². The van der Waals surface area contributed by atoms with E-state index in [1.807, 2.05) is 13.8 Å². The van der Waals surface area contributed by atoms with Crippen LogP contribution in [0.4, 0.5) is 8.78 Å². The van der Waals surface area contributed by atoms with Crippen molar-refractivity contribution in [2.45, 2.75) is 38.8 Å². The van der Waals surface area contributed by atoms with Crippen LogP contribution in [0.5, 0.6) is 0 Å². The number of nitrogens with zero attached hydrogens (tertiary/aromatic N) is 3. The molecule has 23 heavy (non-hydrogen) atoms. The highest BCUT2D eigenvalue weighted by molar-refractivity contribution is 5.98. The maximum atomic E-state index is 12.3. The number of amides is 1. The summed E-state index contributed by atoms with van der Waals surface area (Å²) < 4.78 is 26.4. The summed E-state index contributed by atoms with van der Waals surface area (Å²) in [6.45, 7) is 3.85. The average molecular weight is 326 g/mol. The molecule has 2 rings (SSSR count). The first-order valence-corrected chi connectivity index (χ1v) is 6.94. The Balaban J connectivity index is 2.22. The molecule has 0 saturated heterocycles. The van der Waals surface area contributed by atoms with E-state index in [9.17, 15) is 18.4 Å². The molecule has 2 N–H and O–H groups in total. The molecule has 1 atom stereocenters. The quantitative estimate of drug-likeness (QED) is 0.844. The number of carbonyl (C=O) groups is 2. The van der Waals surface area contributed by atoms with E-state index in [4.69, 9.17) is 5.11 Å². The van der Waals surface area contributed by atoms with E-state index in [0.29, 0.717) is 11.0 Å². The summed E-state index contributed by atoms with van der Waals surface area (Å²) in [4.78, 5) is 27.1. The number of aromatic nitrogens is 3. The van der Waals surface area contributed by atoms with Crippen LogP contribution >= 0.6 is 0 Å². The van der Waals surface area contributed by atoms with Gasteiger partial charge in [0.05, 0.1) is 11.8 Å². The molecule has 2 aromatic rings. The molecule has 0 spiro atoms. The van der Waals surface area contributed by atoms with Crippen LogP contribution in [0.15, 0.2) is 18.5 Å². The topological polar surface area (TPSA) is 97.1 Å². The van der Waals surface area contributed by atoms with Gasteiger partial charge in [0.25, 0.3) is 5.91 Å². The third-order valence-electron chi connectivity index (χ3n) is 3.20. The van der Waals surface area contributed by atoms with Crippen molar-refractivity contribution < 1.29 is 23.5 Å². The van der Waals surface area contributed by atoms with Crippen LogP contribution in [0.25, 0.3) is 11.0 Å². The van der Waals surface area contributed by atoms with Crippen LogP contribution in [-0.4, -0.2) is 44.2 Å². The lowest BCUT2D eigenvalue weighted by Gasteiger charge is -2.14. The molecule has 1 amide bonds. The fourth-order valence-electron chi connectivity index (χ4n) is 2.08. The van der Waals surface area contributed by atoms with Gasteiger partial charge in [-0.2, -0.15) is 5.10 Å². The molecule has 0 aromatic carbocycles. The standard InChI is InChI=1S/C14H16F2N4O3/c1-7(2)20-12-8(6-18-20)3-9(5-17-12)13(21)19-10(14(22)23)4-11(15)16/h3,5-7,10-11H,4H2,1-2H3,(H,19,21)(H,22,23). The van der Waals surface area contributed by atoms with Crippen molar-refractivity contribution in [2.75, 3.05) is 0 Å². The van der Waals surface area contributed by atoms with Gasteiger partial charge >= 0.3 is 5.97 Å². The smallest absolute Gasteiger partial charge is 0.326 e. The number of pyridine rings is 1. The predicted molar refractivity (Wildman–Crippen MR) is 77.4 cm³/mol. The summed E-state index contributed by atoms with van der Waals surface area (Å²) in [7, 11) is 0. The van der Waals surface area contributed by atoms with Crippen LogP contribution < -0.4 is 5.32 Å². The molecule has 0 aliphatic rings. The Bertz CT molecular complexity index is 730. The summed E-state index contributed by atoms with van der Waals surface area (Å²) in [6, 6.07) is -0.0798. The number of carbonyl (C=O) groups excluding carboxylic acids is 1. The van der Waals surface area contributed by atoms with Crippen molar-refractivity contribution in [3.8, 4) is 0 Å². The van der Waals surface area contributed by atoms with Gasteiger partial charge in [-0.1, -0.05) is 0 Å². The van der Waals surface area contributed by atoms with Gasteiger partial charge in [-0.25, -0.2) is 23.2 Å². The minimum absolute atomic E-state index is 0.0846. The average Bonchev–Trinajstić information content (AvgIpc) is 2.88. The summed E-state index contributed by atoms with van der Waals surface area (Å²) >= 11 is 0. The van der Waals surface area contributed by atoms with Gasteiger partial charge in [-0.05, 0) is 19.9 Å². The summed E-state index contributed by atoms with van der Waals surface area (Å²) in [5, 5.41) is 15.7. The Kier molecular flexibility index (Phi) is 4.87. The molecular weight excluding hydrogens is 310 g/mol. The number of rotatable bonds is 6. The first-order chi connectivity index (χ1) is 10.8. The number of carboxylic acids is 1. The molecule has 0 bridgehead atoms. The Hall–Kier alpha value is -2.58. The van der Waals surface area contributed by atoms with Crippen molar-refractivity contribution in [3.63, 3.8) is 0 Å². The van der Waals surface area contributed by atoms with E-state index < -0.39 is 30.8 Å². The number of aliphatic carboxylic acids is 1. The molecule has 124 valence electrons. The van der Waals surface area contributed by atoms with Crippen molar-refractivity contribution in [1.82, 2.24) is 20.1 Å². The molecule has 0 aliphatic heterocycles. The van der Waals surface area contributed by atoms with Gasteiger partial charge < -0.3 is 10.4 Å². The van der Waals surface area contributed by atoms with E-state index in [-0.39, 0.29) is 11.6 Å². The van der Waals surface area contributed by atoms with E-state index in [1.165, 1.54) is 18.5 Å². The number of alkyl halides is 2. The molecule has 0 aliphatic carbocycles. The number of fused-ring (bicyclic) bond motifs is 1. The maximum absolute atomic E-state index is 12.3. The zero-order valence-electron chi connectivity index (χ0n) is 12.5. The van der Waals surface area contributed by atoms with Crippen molar-refractivity contribution in [3.05, 3.63) is 24.0 Å². The third kappa shape index (κ3) is 3.79. The minimum atomic E-state index is -2.83. The van der Waals surface area contributed by atoms with E-state index in [1.54, 1.807) is 4.68 Å². The van der Waals surface area contributed by atoms with Crippen molar-refractivity contribution in [2.24, 2.45) is 0 Å². The van der Waals surface area contributed by atoms with Crippen LogP contribution in [0.2, 0.25) is 0 Å². The zero-order valence-corrected chi connectivity index (χ0v) is 12.5. The molecule has 0 radical (unpaired) electrons. The molecule has 9 heteroatoms. The molecule has 2 aromatic heterocycles. The molecule has 1 unspecified atom stereocenters. The monoisotopic (exact) mass is 326 g/mol. The van der Waals surface area contributed by atoms with Crippen LogP contribution in [0.1, 0.15) is 36.7 Å². The number of halogens is 2. The summed E-state index contributed by atoms with van der Waals surface area (Å²) in [6.07, 6.45) is -0.990. The van der Waals surface area contributed by atoms with Crippen LogP contribution in [0.3, 0.4) is 0 Å². The second-order valence-electron chi connectivity index (χ2n) is 5.31. The number of hydrogen-bond acceptors (Lipinski definition) is 4. The summed E-state index contributed by atoms with van der Waals surface area (Å²) in [5.74, 6) is -2.29. The second kappa shape index (κ2) is 6.67. The number of carboxylic acid groups (broad SMARTS) is 1. The lowest BCUT2D eigenvalue weighted by Crippen LogP contribution is -2.42. The molecule has 0 saturated carbocycles. The minimum Gasteiger partial charge on any atom is -0.480 e. The highest BCUT2D eigenvalue weighted by atomic mass is 19.3. The highest BCUT2D eigenvalue weighted by Gasteiger charge is 2.25. The first-order valence-electron chi connectivity index (χ1n) is 6.94. The number of nitrogens with one attached hydrogen (secondary N) is 1. The highest BCUT2D eigenvalue weighted by Crippen LogP contribution is 2.17. The third-order valence-corrected chi connectivity index (χ3v) is 3.20. The Morgan fingerprint density at radius 3 is 2.61 bits per heavy atom. The molecule has 7 nitrogen and oxygen atoms in total. The lowest BCUT2D eigenvalue weighted by molar-refractivity contribution is -0.140. The fraction of sp³-hybridized carbons (Fsp3) is 0.429. The Labute approximate surface area is 130 Å². The second-order valence-corrected chi connectivity index (χ2v) is 5.31. The lowest BCUT2D eigenvalue weighted by atomic mass is 10.1. The fourth-order valence-corrected chi connectivity index (χ4v) is 2.08. The summed E-state index contributed by atoms with van der Waals surface area (Å²) in [5.41, 5.74) is 0.667. The Morgan fingerprint density at radius 2 is 2.04 bits per heavy atom. The molecule has 0 fully saturated rings. The SMILES string of the molecule is CC(C)n1ncc2cc(C(=O)NC(CC(F)F)C(=O)O)cnc21. The van der Waals surface area contributed by atoms with Crippen LogP contribution in [0, 0.1) is 0 Å². The Morgan fingerprint density at radius 1 is 1.35 bits per heavy atom. The van der Waals surface area contributed by atoms with Crippen molar-refractivity contribution in [1.29, 1.82) is 0 Å². The largest absolute Gasteiger partial charge is 0.480 e. The van der Waals surface area contributed by atoms with Gasteiger partial charge in [-0.3, -0.25) is 4.79 Å². The van der Waals surface area contributed by atoms with Crippen LogP contribution in [-0.2, 0) is 4.79 Å². The normalized spacial score (nSPS) is 12.8. The van der Waals surface area contributed by atoms with E-state index >= 15 is 0 Å². The van der Waals surface area contributed by atoms with Crippen molar-refractivity contribution >= 4 is 22.9 Å². The van der Waals surface area contributed by atoms with Gasteiger partial charge in [0, 0.05) is 24.0 Å². The molecular formula is C14H16F2N4O3. The van der Waals surface area contributed by atoms with Gasteiger partial charge in [0.15, 0.2) is 5.65 Å². The van der Waals surface area contributed by atoms with Gasteiger partial charge in [-0.15, -0.1) is 0 Å². The molecule has 2 heterocycles. The predicted octanol–water partition coefficient (Wildman–Crippen LogP) is 1.85. The zero-order chi connectivity index (χ0) is 17.1. The van der Waals surface area contributed by atoms with E-state index in [2.05, 4.69) is 15.4 Å². The van der Waals surface area contributed by atoms with Gasteiger partial charge in [0.2, 0.25) is 6.43 Å². The maximum Gasteiger partial charge on any atom is 0.326 e. The number of hydrogen-bond donors (Lipinski definition) is 2. The first kappa shape index (κ1) is 16.8. The van der Waals surface area contributed by atoms with E-state index in [0.717, 1.165) is 0 Å².